The first-order valence-corrected chi connectivity index (χ1v) is 12.2. The Morgan fingerprint density at radius 1 is 1.03 bits per heavy atom. The number of anilines is 2. The highest BCUT2D eigenvalue weighted by atomic mass is 35.5. The van der Waals surface area contributed by atoms with Gasteiger partial charge in [0.05, 0.1) is 0 Å². The summed E-state index contributed by atoms with van der Waals surface area (Å²) in [7, 11) is 0. The quantitative estimate of drug-likeness (QED) is 0.565. The fraction of sp³-hybridized carbons (Fsp3) is 0.375. The fourth-order valence-electron chi connectivity index (χ4n) is 4.53. The van der Waals surface area contributed by atoms with E-state index in [4.69, 9.17) is 16.6 Å². The van der Waals surface area contributed by atoms with Gasteiger partial charge in [0, 0.05) is 61.4 Å². The molecule has 3 aromatic rings. The summed E-state index contributed by atoms with van der Waals surface area (Å²) < 4.78 is 4.56. The van der Waals surface area contributed by atoms with Crippen molar-refractivity contribution in [3.63, 3.8) is 0 Å². The van der Waals surface area contributed by atoms with E-state index in [1.165, 1.54) is 17.1 Å². The molecule has 2 fully saturated rings. The van der Waals surface area contributed by atoms with E-state index < -0.39 is 0 Å². The van der Waals surface area contributed by atoms with Gasteiger partial charge in [-0.15, -0.1) is 0 Å². The molecule has 1 atom stereocenters. The molecule has 2 aliphatic rings. The number of piperazine rings is 1. The van der Waals surface area contributed by atoms with Gasteiger partial charge in [0.1, 0.15) is 11.9 Å². The van der Waals surface area contributed by atoms with Gasteiger partial charge in [0.25, 0.3) is 0 Å². The predicted molar refractivity (Wildman–Crippen MR) is 130 cm³/mol. The van der Waals surface area contributed by atoms with Crippen LogP contribution in [0.3, 0.4) is 0 Å². The Morgan fingerprint density at radius 3 is 2.62 bits per heavy atom. The number of hydrogen-bond acceptors (Lipinski definition) is 6. The van der Waals surface area contributed by atoms with Gasteiger partial charge in [0.15, 0.2) is 0 Å². The summed E-state index contributed by atoms with van der Waals surface area (Å²) in [4.78, 5) is 24.6. The topological polar surface area (TPSA) is 52.6 Å². The molecule has 2 saturated heterocycles. The van der Waals surface area contributed by atoms with Crippen LogP contribution in [0.2, 0.25) is 5.02 Å². The predicted octanol–water partition coefficient (Wildman–Crippen LogP) is 4.10. The normalized spacial score (nSPS) is 18.9. The molecule has 1 amide bonds. The second-order valence-electron chi connectivity index (χ2n) is 8.30. The molecule has 0 saturated carbocycles. The van der Waals surface area contributed by atoms with Gasteiger partial charge in [-0.25, -0.2) is 4.98 Å². The van der Waals surface area contributed by atoms with Gasteiger partial charge in [0.2, 0.25) is 11.0 Å². The van der Waals surface area contributed by atoms with E-state index in [-0.39, 0.29) is 11.9 Å². The second-order valence-corrected chi connectivity index (χ2v) is 9.47. The van der Waals surface area contributed by atoms with Crippen LogP contribution in [0.15, 0.2) is 54.6 Å². The van der Waals surface area contributed by atoms with E-state index in [9.17, 15) is 4.79 Å². The number of amides is 1. The molecule has 6 nitrogen and oxygen atoms in total. The maximum atomic E-state index is 13.4. The first-order valence-electron chi connectivity index (χ1n) is 11.1. The Bertz CT molecular complexity index is 1070. The molecule has 0 bridgehead atoms. The summed E-state index contributed by atoms with van der Waals surface area (Å²) in [5, 5.41) is 1.61. The lowest BCUT2D eigenvalue weighted by atomic mass is 10.1. The van der Waals surface area contributed by atoms with Gasteiger partial charge < -0.3 is 14.7 Å². The molecule has 3 heterocycles. The number of rotatable bonds is 5. The molecule has 5 rings (SSSR count). The van der Waals surface area contributed by atoms with Gasteiger partial charge in [-0.3, -0.25) is 4.79 Å². The van der Waals surface area contributed by atoms with Crippen LogP contribution in [0.4, 0.5) is 10.8 Å². The van der Waals surface area contributed by atoms with Crippen LogP contribution in [-0.2, 0) is 11.2 Å². The summed E-state index contributed by atoms with van der Waals surface area (Å²) in [5.74, 6) is 1.04. The third-order valence-electron chi connectivity index (χ3n) is 6.21. The lowest BCUT2D eigenvalue weighted by Gasteiger charge is -2.38. The van der Waals surface area contributed by atoms with E-state index in [1.54, 1.807) is 0 Å². The average molecular weight is 468 g/mol. The molecule has 1 aromatic heterocycles. The Hall–Kier alpha value is -2.64. The van der Waals surface area contributed by atoms with Crippen molar-refractivity contribution >= 4 is 39.9 Å². The molecule has 0 radical (unpaired) electrons. The zero-order valence-corrected chi connectivity index (χ0v) is 19.4. The highest BCUT2D eigenvalue weighted by molar-refractivity contribution is 7.09. The minimum absolute atomic E-state index is 0.134. The van der Waals surface area contributed by atoms with Gasteiger partial charge >= 0.3 is 0 Å². The molecule has 2 aromatic carbocycles. The zero-order valence-electron chi connectivity index (χ0n) is 17.9. The summed E-state index contributed by atoms with van der Waals surface area (Å²) in [6.07, 6.45) is 2.60. The number of hydrogen-bond donors (Lipinski definition) is 0. The van der Waals surface area contributed by atoms with Crippen molar-refractivity contribution in [1.29, 1.82) is 0 Å². The number of halogens is 1. The second kappa shape index (κ2) is 9.46. The van der Waals surface area contributed by atoms with Crippen molar-refractivity contribution in [2.45, 2.75) is 25.3 Å². The Kier molecular flexibility index (Phi) is 6.28. The van der Waals surface area contributed by atoms with Crippen molar-refractivity contribution in [2.24, 2.45) is 0 Å². The monoisotopic (exact) mass is 467 g/mol. The number of benzene rings is 2. The minimum atomic E-state index is -0.134. The van der Waals surface area contributed by atoms with E-state index in [2.05, 4.69) is 32.4 Å². The van der Waals surface area contributed by atoms with Crippen molar-refractivity contribution < 1.29 is 4.79 Å². The molecule has 8 heteroatoms. The van der Waals surface area contributed by atoms with Crippen LogP contribution in [0.25, 0.3) is 0 Å². The molecule has 0 spiro atoms. The lowest BCUT2D eigenvalue weighted by Crippen LogP contribution is -2.53. The first-order chi connectivity index (χ1) is 15.7. The Morgan fingerprint density at radius 2 is 1.84 bits per heavy atom. The SMILES string of the molecule is O=C(C1CCCN1c1nc(Cc2ccccc2)ns1)N1CCN(c2cccc(Cl)c2)CC1. The van der Waals surface area contributed by atoms with Crippen molar-refractivity contribution in [3.8, 4) is 0 Å². The molecule has 0 N–H and O–H groups in total. The summed E-state index contributed by atoms with van der Waals surface area (Å²) >= 11 is 7.55. The van der Waals surface area contributed by atoms with Crippen molar-refractivity contribution in [2.75, 3.05) is 42.5 Å². The third kappa shape index (κ3) is 4.59. The van der Waals surface area contributed by atoms with Crippen LogP contribution < -0.4 is 9.80 Å². The zero-order chi connectivity index (χ0) is 21.9. The first kappa shape index (κ1) is 21.2. The van der Waals surface area contributed by atoms with Crippen LogP contribution in [0, 0.1) is 0 Å². The molecule has 1 unspecified atom stereocenters. The molecular formula is C24H26ClN5OS. The maximum Gasteiger partial charge on any atom is 0.245 e. The highest BCUT2D eigenvalue weighted by Crippen LogP contribution is 2.29. The minimum Gasteiger partial charge on any atom is -0.368 e. The highest BCUT2D eigenvalue weighted by Gasteiger charge is 2.36. The maximum absolute atomic E-state index is 13.4. The van der Waals surface area contributed by atoms with Crippen LogP contribution >= 0.6 is 23.1 Å². The standard InChI is InChI=1S/C24H26ClN5OS/c25-19-8-4-9-20(17-19)28-12-14-29(15-13-28)23(31)21-10-5-11-30(21)24-26-22(27-32-24)16-18-6-2-1-3-7-18/h1-4,6-9,17,21H,5,10-16H2. The third-order valence-corrected chi connectivity index (χ3v) is 7.24. The number of carbonyl (C=O) groups is 1. The van der Waals surface area contributed by atoms with E-state index in [0.29, 0.717) is 0 Å². The van der Waals surface area contributed by atoms with E-state index >= 15 is 0 Å². The molecular weight excluding hydrogens is 442 g/mol. The van der Waals surface area contributed by atoms with Crippen LogP contribution in [0.1, 0.15) is 24.2 Å². The summed E-state index contributed by atoms with van der Waals surface area (Å²) in [6, 6.07) is 18.0. The molecule has 166 valence electrons. The summed E-state index contributed by atoms with van der Waals surface area (Å²) in [5.41, 5.74) is 2.32. The van der Waals surface area contributed by atoms with Gasteiger partial charge in [-0.1, -0.05) is 48.0 Å². The Balaban J connectivity index is 1.22. The Labute approximate surface area is 197 Å². The van der Waals surface area contributed by atoms with E-state index in [0.717, 1.165) is 73.7 Å². The summed E-state index contributed by atoms with van der Waals surface area (Å²) in [6.45, 7) is 3.95. The number of nitrogens with zero attached hydrogens (tertiary/aromatic N) is 5. The lowest BCUT2D eigenvalue weighted by molar-refractivity contribution is -0.132. The molecule has 2 aliphatic heterocycles. The average Bonchev–Trinajstić information content (AvgIpc) is 3.49. The molecule has 32 heavy (non-hydrogen) atoms. The largest absolute Gasteiger partial charge is 0.368 e. The van der Waals surface area contributed by atoms with E-state index in [1.807, 2.05) is 41.3 Å². The van der Waals surface area contributed by atoms with Gasteiger partial charge in [-0.05, 0) is 36.6 Å². The van der Waals surface area contributed by atoms with Gasteiger partial charge in [-0.2, -0.15) is 4.37 Å². The number of aromatic nitrogens is 2. The van der Waals surface area contributed by atoms with Crippen LogP contribution in [0.5, 0.6) is 0 Å². The molecule has 0 aliphatic carbocycles. The number of carbonyl (C=O) groups excluding carboxylic acids is 1. The van der Waals surface area contributed by atoms with Crippen molar-refractivity contribution in [1.82, 2.24) is 14.3 Å². The van der Waals surface area contributed by atoms with Crippen molar-refractivity contribution in [3.05, 3.63) is 71.0 Å². The van der Waals surface area contributed by atoms with Crippen LogP contribution in [-0.4, -0.2) is 58.9 Å². The fourth-order valence-corrected chi connectivity index (χ4v) is 5.48. The smallest absolute Gasteiger partial charge is 0.245 e.